The molecule has 3 rings (SSSR count). The van der Waals surface area contributed by atoms with Crippen molar-refractivity contribution in [1.29, 1.82) is 0 Å². The third kappa shape index (κ3) is 7.12. The zero-order valence-corrected chi connectivity index (χ0v) is 18.1. The molecule has 0 aromatic carbocycles. The lowest BCUT2D eigenvalue weighted by molar-refractivity contribution is -0.137. The highest BCUT2D eigenvalue weighted by atomic mass is 19.4. The normalized spacial score (nSPS) is 12.4. The van der Waals surface area contributed by atoms with Gasteiger partial charge in [0.15, 0.2) is 5.69 Å². The molecule has 0 aliphatic heterocycles. The number of carbonyl (C=O) groups excluding carboxylic acids is 2. The molecule has 1 atom stereocenters. The number of alkyl halides is 4. The van der Waals surface area contributed by atoms with Gasteiger partial charge in [0.05, 0.1) is 36.1 Å². The van der Waals surface area contributed by atoms with Gasteiger partial charge in [-0.3, -0.25) is 14.6 Å². The molecule has 13 heteroatoms. The van der Waals surface area contributed by atoms with Gasteiger partial charge in [0.2, 0.25) is 0 Å². The fourth-order valence-electron chi connectivity index (χ4n) is 3.05. The molecule has 1 amide bonds. The summed E-state index contributed by atoms with van der Waals surface area (Å²) in [5.41, 5.74) is 0.115. The molecule has 0 fully saturated rings. The minimum Gasteiger partial charge on any atom is -0.354 e. The minimum atomic E-state index is -4.51. The zero-order valence-electron chi connectivity index (χ0n) is 18.1. The number of aryl methyl sites for hydroxylation is 1. The number of pyridine rings is 1. The van der Waals surface area contributed by atoms with Crippen molar-refractivity contribution in [2.75, 3.05) is 7.05 Å². The van der Waals surface area contributed by atoms with Crippen molar-refractivity contribution in [3.8, 4) is 0 Å². The van der Waals surface area contributed by atoms with Crippen LogP contribution in [0.5, 0.6) is 0 Å². The molecule has 0 bridgehead atoms. The van der Waals surface area contributed by atoms with Gasteiger partial charge < -0.3 is 5.32 Å². The van der Waals surface area contributed by atoms with Crippen molar-refractivity contribution < 1.29 is 27.2 Å². The standard InChI is InChI=1S/C21H21F4N7O2/c1-26-20(34)19-12-32(31-30-19)11-14(22)2-3-15-4-5-16(29-28-15)9-18(33)10-17-8-13(6-7-27-17)21(23,24)25/h4-8,12,14H,2-3,9-11H2,1H3,(H,26,34)/t14-/m0/s1. The van der Waals surface area contributed by atoms with E-state index in [0.717, 1.165) is 18.3 Å². The number of nitrogens with one attached hydrogen (secondary N) is 1. The summed E-state index contributed by atoms with van der Waals surface area (Å²) in [6, 6.07) is 4.87. The number of carbonyl (C=O) groups is 2. The Balaban J connectivity index is 1.47. The molecule has 3 aromatic heterocycles. The van der Waals surface area contributed by atoms with E-state index in [1.807, 2.05) is 0 Å². The van der Waals surface area contributed by atoms with Crippen LogP contribution < -0.4 is 5.32 Å². The van der Waals surface area contributed by atoms with Gasteiger partial charge in [0.1, 0.15) is 12.0 Å². The minimum absolute atomic E-state index is 0.0215. The summed E-state index contributed by atoms with van der Waals surface area (Å²) in [5.74, 6) is -0.775. The molecule has 0 spiro atoms. The Morgan fingerprint density at radius 3 is 2.44 bits per heavy atom. The molecule has 3 aromatic rings. The lowest BCUT2D eigenvalue weighted by Gasteiger charge is -2.08. The van der Waals surface area contributed by atoms with Gasteiger partial charge in [-0.2, -0.15) is 23.4 Å². The molecule has 180 valence electrons. The summed E-state index contributed by atoms with van der Waals surface area (Å²) in [4.78, 5) is 27.5. The Morgan fingerprint density at radius 1 is 1.06 bits per heavy atom. The molecule has 3 heterocycles. The third-order valence-electron chi connectivity index (χ3n) is 4.77. The average molecular weight is 479 g/mol. The van der Waals surface area contributed by atoms with Crippen molar-refractivity contribution >= 4 is 11.7 Å². The van der Waals surface area contributed by atoms with Gasteiger partial charge in [-0.05, 0) is 37.1 Å². The molecular weight excluding hydrogens is 458 g/mol. The first-order valence-corrected chi connectivity index (χ1v) is 10.3. The summed E-state index contributed by atoms with van der Waals surface area (Å²) in [6.07, 6.45) is -3.37. The van der Waals surface area contributed by atoms with Gasteiger partial charge in [-0.25, -0.2) is 9.07 Å². The van der Waals surface area contributed by atoms with Gasteiger partial charge in [0.25, 0.3) is 5.91 Å². The third-order valence-corrected chi connectivity index (χ3v) is 4.77. The van der Waals surface area contributed by atoms with Gasteiger partial charge in [-0.15, -0.1) is 5.10 Å². The van der Waals surface area contributed by atoms with Crippen LogP contribution in [-0.4, -0.2) is 55.1 Å². The number of hydrogen-bond donors (Lipinski definition) is 1. The van der Waals surface area contributed by atoms with E-state index >= 15 is 0 Å². The number of nitrogens with zero attached hydrogens (tertiary/aromatic N) is 6. The lowest BCUT2D eigenvalue weighted by atomic mass is 10.1. The van der Waals surface area contributed by atoms with Crippen LogP contribution in [0, 0.1) is 0 Å². The number of halogens is 4. The summed E-state index contributed by atoms with van der Waals surface area (Å²) in [6.45, 7) is -0.0758. The maximum atomic E-state index is 14.3. The predicted molar refractivity (Wildman–Crippen MR) is 110 cm³/mol. The van der Waals surface area contributed by atoms with E-state index in [0.29, 0.717) is 11.4 Å². The fraction of sp³-hybridized carbons (Fsp3) is 0.381. The molecule has 0 unspecified atom stereocenters. The second-order valence-electron chi connectivity index (χ2n) is 7.48. The monoisotopic (exact) mass is 479 g/mol. The number of rotatable bonds is 10. The Hall–Kier alpha value is -3.77. The van der Waals surface area contributed by atoms with E-state index in [4.69, 9.17) is 0 Å². The second kappa shape index (κ2) is 10.9. The zero-order chi connectivity index (χ0) is 24.7. The molecular formula is C21H21F4N7O2. The first-order valence-electron chi connectivity index (χ1n) is 10.3. The van der Waals surface area contributed by atoms with Crippen LogP contribution in [-0.2, 0) is 36.8 Å². The SMILES string of the molecule is CNC(=O)c1cn(C[C@@H](F)CCc2ccc(CC(=O)Cc3cc(C(F)(F)F)ccn3)nn2)nn1. The first-order chi connectivity index (χ1) is 16.1. The van der Waals surface area contributed by atoms with Gasteiger partial charge >= 0.3 is 6.18 Å². The highest BCUT2D eigenvalue weighted by Crippen LogP contribution is 2.29. The van der Waals surface area contributed by atoms with E-state index < -0.39 is 23.8 Å². The largest absolute Gasteiger partial charge is 0.416 e. The van der Waals surface area contributed by atoms with E-state index in [1.54, 1.807) is 12.1 Å². The molecule has 1 N–H and O–H groups in total. The average Bonchev–Trinajstić information content (AvgIpc) is 3.26. The van der Waals surface area contributed by atoms with Gasteiger partial charge in [0, 0.05) is 25.4 Å². The van der Waals surface area contributed by atoms with Crippen LogP contribution >= 0.6 is 0 Å². The molecule has 0 aliphatic carbocycles. The number of hydrogen-bond acceptors (Lipinski definition) is 7. The topological polar surface area (TPSA) is 116 Å². The fourth-order valence-corrected chi connectivity index (χ4v) is 3.05. The lowest BCUT2D eigenvalue weighted by Crippen LogP contribution is -2.18. The highest BCUT2D eigenvalue weighted by Gasteiger charge is 2.30. The van der Waals surface area contributed by atoms with Crippen LogP contribution in [0.4, 0.5) is 17.6 Å². The summed E-state index contributed by atoms with van der Waals surface area (Å²) in [5, 5.41) is 17.7. The second-order valence-corrected chi connectivity index (χ2v) is 7.48. The van der Waals surface area contributed by atoms with Crippen molar-refractivity contribution in [3.05, 3.63) is 65.0 Å². The quantitative estimate of drug-likeness (QED) is 0.443. The highest BCUT2D eigenvalue weighted by molar-refractivity contribution is 5.91. The molecule has 0 saturated carbocycles. The van der Waals surface area contributed by atoms with Crippen LogP contribution in [0.3, 0.4) is 0 Å². The first kappa shape index (κ1) is 24.9. The predicted octanol–water partition coefficient (Wildman–Crippen LogP) is 2.17. The Kier molecular flexibility index (Phi) is 7.97. The maximum absolute atomic E-state index is 14.3. The maximum Gasteiger partial charge on any atom is 0.416 e. The summed E-state index contributed by atoms with van der Waals surface area (Å²) in [7, 11) is 1.45. The number of amides is 1. The summed E-state index contributed by atoms with van der Waals surface area (Å²) < 4.78 is 53.9. The Bertz CT molecular complexity index is 1130. The molecule has 0 saturated heterocycles. The molecule has 34 heavy (non-hydrogen) atoms. The van der Waals surface area contributed by atoms with E-state index in [-0.39, 0.29) is 49.4 Å². The van der Waals surface area contributed by atoms with Crippen molar-refractivity contribution in [3.63, 3.8) is 0 Å². The van der Waals surface area contributed by atoms with Crippen molar-refractivity contribution in [1.82, 2.24) is 35.5 Å². The van der Waals surface area contributed by atoms with Crippen LogP contribution in [0.25, 0.3) is 0 Å². The van der Waals surface area contributed by atoms with Crippen molar-refractivity contribution in [2.45, 2.75) is 44.6 Å². The Morgan fingerprint density at radius 2 is 1.76 bits per heavy atom. The van der Waals surface area contributed by atoms with Crippen LogP contribution in [0.1, 0.15) is 39.6 Å². The van der Waals surface area contributed by atoms with Gasteiger partial charge in [-0.1, -0.05) is 5.21 Å². The molecule has 9 nitrogen and oxygen atoms in total. The van der Waals surface area contributed by atoms with E-state index in [2.05, 4.69) is 30.8 Å². The number of aromatic nitrogens is 6. The smallest absolute Gasteiger partial charge is 0.354 e. The van der Waals surface area contributed by atoms with Crippen molar-refractivity contribution in [2.24, 2.45) is 0 Å². The molecule has 0 aliphatic rings. The van der Waals surface area contributed by atoms with Crippen LogP contribution in [0.2, 0.25) is 0 Å². The summed E-state index contributed by atoms with van der Waals surface area (Å²) >= 11 is 0. The Labute approximate surface area is 191 Å². The van der Waals surface area contributed by atoms with Crippen LogP contribution in [0.15, 0.2) is 36.7 Å². The molecule has 0 radical (unpaired) electrons. The van der Waals surface area contributed by atoms with E-state index in [1.165, 1.54) is 17.9 Å². The number of ketones is 1. The number of Topliss-reactive ketones (excluding diaryl/α,β-unsaturated/α-hetero) is 1. The van der Waals surface area contributed by atoms with E-state index in [9.17, 15) is 27.2 Å².